The number of hydrogen-bond acceptors (Lipinski definition) is 6. The summed E-state index contributed by atoms with van der Waals surface area (Å²) >= 11 is 0. The molecule has 7 nitrogen and oxygen atoms in total. The first kappa shape index (κ1) is 34.9. The Balaban J connectivity index is 0.889. The van der Waals surface area contributed by atoms with Crippen LogP contribution < -0.4 is 0 Å². The van der Waals surface area contributed by atoms with E-state index in [0.717, 1.165) is 110 Å². The van der Waals surface area contributed by atoms with Crippen LogP contribution in [0.5, 0.6) is 0 Å². The van der Waals surface area contributed by atoms with E-state index in [1.807, 2.05) is 91.0 Å². The van der Waals surface area contributed by atoms with E-state index < -0.39 is 0 Å². The molecule has 0 aliphatic heterocycles. The van der Waals surface area contributed by atoms with E-state index in [4.69, 9.17) is 28.2 Å². The number of rotatable bonds is 5. The molecule has 0 saturated carbocycles. The normalized spacial score (nSPS) is 12.1. The Morgan fingerprint density at radius 2 is 0.703 bits per heavy atom. The van der Waals surface area contributed by atoms with Crippen LogP contribution in [-0.2, 0) is 0 Å². The maximum absolute atomic E-state index is 6.45. The average Bonchev–Trinajstić information content (AvgIpc) is 4.11. The van der Waals surface area contributed by atoms with Crippen LogP contribution in [0, 0.1) is 0 Å². The predicted molar refractivity (Wildman–Crippen MR) is 258 cm³/mol. The minimum atomic E-state index is 0.599. The highest BCUT2D eigenvalue weighted by Gasteiger charge is 2.19. The molecule has 0 fully saturated rings. The van der Waals surface area contributed by atoms with Crippen LogP contribution in [0.3, 0.4) is 0 Å². The van der Waals surface area contributed by atoms with Crippen LogP contribution in [0.2, 0.25) is 0 Å². The van der Waals surface area contributed by atoms with E-state index in [2.05, 4.69) is 108 Å². The van der Waals surface area contributed by atoms with E-state index in [9.17, 15) is 0 Å². The molecule has 0 unspecified atom stereocenters. The first-order valence-corrected chi connectivity index (χ1v) is 21.3. The van der Waals surface area contributed by atoms with Crippen LogP contribution >= 0.6 is 0 Å². The number of para-hydroxylation sites is 2. The Kier molecular flexibility index (Phi) is 7.27. The van der Waals surface area contributed by atoms with E-state index >= 15 is 0 Å². The number of fused-ring (bicyclic) bond motifs is 12. The van der Waals surface area contributed by atoms with Crippen LogP contribution in [0.1, 0.15) is 0 Å². The Bertz CT molecular complexity index is 4140. The molecule has 0 radical (unpaired) electrons. The van der Waals surface area contributed by atoms with Crippen molar-refractivity contribution in [2.75, 3.05) is 0 Å². The molecule has 0 aliphatic rings. The van der Waals surface area contributed by atoms with Gasteiger partial charge in [0.25, 0.3) is 0 Å². The largest absolute Gasteiger partial charge is 0.456 e. The minimum Gasteiger partial charge on any atom is -0.456 e. The first-order chi connectivity index (χ1) is 31.7. The van der Waals surface area contributed by atoms with Crippen molar-refractivity contribution in [3.63, 3.8) is 0 Å². The van der Waals surface area contributed by atoms with E-state index in [1.165, 1.54) is 10.8 Å². The molecule has 0 N–H and O–H groups in total. The number of benzene rings is 9. The molecule has 0 bridgehead atoms. The van der Waals surface area contributed by atoms with Crippen LogP contribution in [0.25, 0.3) is 139 Å². The SMILES string of the molecule is c1ccc(-c2nc(-c3ccccc3)nc(-c3ccc4oc5ccc(-n6c7ccccc7c7cc(-c8ccc9oc%10cc%11c(cc%10c9c8)oc8ccccc8%11)ccc76)cc5c4c3)n2)cc1. The Hall–Kier alpha value is -8.81. The van der Waals surface area contributed by atoms with Gasteiger partial charge in [-0.05, 0) is 96.1 Å². The molecule has 298 valence electrons. The zero-order valence-electron chi connectivity index (χ0n) is 34.0. The molecule has 9 aromatic carbocycles. The maximum Gasteiger partial charge on any atom is 0.164 e. The van der Waals surface area contributed by atoms with Gasteiger partial charge in [-0.3, -0.25) is 0 Å². The second-order valence-electron chi connectivity index (χ2n) is 16.4. The van der Waals surface area contributed by atoms with E-state index in [-0.39, 0.29) is 0 Å². The van der Waals surface area contributed by atoms with Gasteiger partial charge < -0.3 is 17.8 Å². The molecule has 14 rings (SSSR count). The summed E-state index contributed by atoms with van der Waals surface area (Å²) in [5.41, 5.74) is 13.3. The fraction of sp³-hybridized carbons (Fsp3) is 0. The quantitative estimate of drug-likeness (QED) is 0.172. The van der Waals surface area contributed by atoms with Crippen molar-refractivity contribution in [1.82, 2.24) is 19.5 Å². The highest BCUT2D eigenvalue weighted by Crippen LogP contribution is 2.41. The van der Waals surface area contributed by atoms with Gasteiger partial charge in [-0.25, -0.2) is 15.0 Å². The summed E-state index contributed by atoms with van der Waals surface area (Å²) in [6, 6.07) is 67.0. The van der Waals surface area contributed by atoms with Crippen LogP contribution in [0.4, 0.5) is 0 Å². The summed E-state index contributed by atoms with van der Waals surface area (Å²) in [6.07, 6.45) is 0. The van der Waals surface area contributed by atoms with E-state index in [0.29, 0.717) is 17.5 Å². The number of hydrogen-bond donors (Lipinski definition) is 0. The molecular formula is C57H32N4O3. The summed E-state index contributed by atoms with van der Waals surface area (Å²) in [6.45, 7) is 0. The standard InChI is InChI=1S/C57H32N4O3/c1-3-11-33(12-4-1)55-58-56(34-13-5-2-6-14-34)60-57(59-55)37-21-25-50-43(29-37)44-30-38(22-26-52(44)62-50)61-47-17-9-7-15-39(47)41-27-35(19-23-48(41)61)36-20-24-51-42(28-36)46-32-53-45(31-54(46)64-51)40-16-8-10-18-49(40)63-53/h1-32H. The first-order valence-electron chi connectivity index (χ1n) is 21.3. The average molecular weight is 821 g/mol. The predicted octanol–water partition coefficient (Wildman–Crippen LogP) is 15.3. The Morgan fingerprint density at radius 1 is 0.266 bits per heavy atom. The monoisotopic (exact) mass is 820 g/mol. The van der Waals surface area contributed by atoms with Gasteiger partial charge in [-0.2, -0.15) is 0 Å². The molecule has 0 aliphatic carbocycles. The van der Waals surface area contributed by atoms with Crippen molar-refractivity contribution < 1.29 is 13.3 Å². The van der Waals surface area contributed by atoms with Gasteiger partial charge in [-0.15, -0.1) is 0 Å². The van der Waals surface area contributed by atoms with Gasteiger partial charge in [0.05, 0.1) is 11.0 Å². The van der Waals surface area contributed by atoms with Crippen molar-refractivity contribution in [2.45, 2.75) is 0 Å². The summed E-state index contributed by atoms with van der Waals surface area (Å²) in [5.74, 6) is 1.85. The smallest absolute Gasteiger partial charge is 0.164 e. The van der Waals surface area contributed by atoms with Gasteiger partial charge in [0.2, 0.25) is 0 Å². The lowest BCUT2D eigenvalue weighted by Crippen LogP contribution is -2.00. The lowest BCUT2D eigenvalue weighted by molar-refractivity contribution is 0.664. The summed E-state index contributed by atoms with van der Waals surface area (Å²) in [5, 5.41) is 8.60. The van der Waals surface area contributed by atoms with Crippen molar-refractivity contribution in [1.29, 1.82) is 0 Å². The van der Waals surface area contributed by atoms with Crippen LogP contribution in [-0.4, -0.2) is 19.5 Å². The lowest BCUT2D eigenvalue weighted by atomic mass is 10.0. The van der Waals surface area contributed by atoms with Gasteiger partial charge >= 0.3 is 0 Å². The lowest BCUT2D eigenvalue weighted by Gasteiger charge is -2.09. The van der Waals surface area contributed by atoms with Gasteiger partial charge in [0, 0.05) is 65.5 Å². The van der Waals surface area contributed by atoms with Gasteiger partial charge in [0.1, 0.15) is 33.5 Å². The number of nitrogens with zero attached hydrogens (tertiary/aromatic N) is 4. The Labute approximate surface area is 364 Å². The second-order valence-corrected chi connectivity index (χ2v) is 16.4. The molecule has 0 saturated heterocycles. The third-order valence-corrected chi connectivity index (χ3v) is 12.6. The van der Waals surface area contributed by atoms with Crippen molar-refractivity contribution in [3.05, 3.63) is 194 Å². The third kappa shape index (κ3) is 5.31. The molecule has 7 heteroatoms. The van der Waals surface area contributed by atoms with Gasteiger partial charge in [0.15, 0.2) is 17.5 Å². The maximum atomic E-state index is 6.45. The van der Waals surface area contributed by atoms with E-state index in [1.54, 1.807) is 0 Å². The molecule has 5 aromatic heterocycles. The molecular weight excluding hydrogens is 789 g/mol. The van der Waals surface area contributed by atoms with Crippen LogP contribution in [0.15, 0.2) is 207 Å². The summed E-state index contributed by atoms with van der Waals surface area (Å²) in [4.78, 5) is 14.9. The summed E-state index contributed by atoms with van der Waals surface area (Å²) in [7, 11) is 0. The molecule has 0 amide bonds. The van der Waals surface area contributed by atoms with Gasteiger partial charge in [-0.1, -0.05) is 109 Å². The zero-order chi connectivity index (χ0) is 41.9. The molecule has 0 spiro atoms. The Morgan fingerprint density at radius 3 is 1.39 bits per heavy atom. The van der Waals surface area contributed by atoms with Crippen molar-refractivity contribution >= 4 is 87.6 Å². The molecule has 0 atom stereocenters. The summed E-state index contributed by atoms with van der Waals surface area (Å²) < 4.78 is 21.5. The van der Waals surface area contributed by atoms with Crippen molar-refractivity contribution in [2.24, 2.45) is 0 Å². The number of furan rings is 3. The zero-order valence-corrected chi connectivity index (χ0v) is 34.0. The third-order valence-electron chi connectivity index (χ3n) is 12.6. The minimum absolute atomic E-state index is 0.599. The molecule has 14 aromatic rings. The number of aromatic nitrogens is 4. The topological polar surface area (TPSA) is 83.0 Å². The molecule has 64 heavy (non-hydrogen) atoms. The highest BCUT2D eigenvalue weighted by atomic mass is 16.3. The van der Waals surface area contributed by atoms with Crippen molar-refractivity contribution in [3.8, 4) is 51.0 Å². The second kappa shape index (κ2) is 13.3. The highest BCUT2D eigenvalue weighted by molar-refractivity contribution is 6.16. The molecule has 5 heterocycles. The fourth-order valence-corrected chi connectivity index (χ4v) is 9.59. The fourth-order valence-electron chi connectivity index (χ4n) is 9.59.